The van der Waals surface area contributed by atoms with Crippen molar-refractivity contribution in [3.05, 3.63) is 28.5 Å². The van der Waals surface area contributed by atoms with E-state index in [1.807, 2.05) is 4.90 Å². The lowest BCUT2D eigenvalue weighted by Crippen LogP contribution is -2.40. The summed E-state index contributed by atoms with van der Waals surface area (Å²) in [6.45, 7) is 1.38. The molecule has 5 nitrogen and oxygen atoms in total. The fourth-order valence-corrected chi connectivity index (χ4v) is 2.90. The van der Waals surface area contributed by atoms with Gasteiger partial charge in [-0.3, -0.25) is 9.59 Å². The Hall–Kier alpha value is -1.43. The summed E-state index contributed by atoms with van der Waals surface area (Å²) in [6, 6.07) is 3.41. The largest absolute Gasteiger partial charge is 0.481 e. The zero-order valence-electron chi connectivity index (χ0n) is 11.1. The first-order valence-corrected chi connectivity index (χ1v) is 7.48. The molecule has 0 aliphatic carbocycles. The normalized spacial score (nSPS) is 18.9. The summed E-state index contributed by atoms with van der Waals surface area (Å²) in [6.07, 6.45) is 4.34. The van der Waals surface area contributed by atoms with Gasteiger partial charge in [-0.2, -0.15) is 0 Å². The lowest BCUT2D eigenvalue weighted by molar-refractivity contribution is -0.137. The van der Waals surface area contributed by atoms with Gasteiger partial charge in [0.15, 0.2) is 0 Å². The topological polar surface area (TPSA) is 70.5 Å². The number of rotatable bonds is 4. The van der Waals surface area contributed by atoms with Crippen LogP contribution in [-0.2, 0) is 4.79 Å². The lowest BCUT2D eigenvalue weighted by atomic mass is 9.93. The maximum Gasteiger partial charge on any atom is 0.303 e. The van der Waals surface area contributed by atoms with Crippen molar-refractivity contribution in [2.75, 3.05) is 13.1 Å². The van der Waals surface area contributed by atoms with E-state index in [0.717, 1.165) is 19.4 Å². The monoisotopic (exact) mass is 340 g/mol. The summed E-state index contributed by atoms with van der Waals surface area (Å²) >= 11 is 3.26. The molecule has 0 spiro atoms. The molecule has 1 aliphatic rings. The van der Waals surface area contributed by atoms with Crippen LogP contribution < -0.4 is 0 Å². The number of likely N-dealkylation sites (tertiary alicyclic amines) is 1. The number of amides is 1. The van der Waals surface area contributed by atoms with Gasteiger partial charge >= 0.3 is 5.97 Å². The standard InChI is InChI=1S/C14H17BrN2O3/c15-12-8-11(5-6-16-12)14(20)17-7-1-2-10(9-17)3-4-13(18)19/h5-6,8,10H,1-4,7,9H2,(H,18,19). The predicted octanol–water partition coefficient (Wildman–Crippen LogP) is 2.56. The smallest absolute Gasteiger partial charge is 0.303 e. The Morgan fingerprint density at radius 2 is 2.30 bits per heavy atom. The molecule has 0 bridgehead atoms. The van der Waals surface area contributed by atoms with Gasteiger partial charge < -0.3 is 10.0 Å². The van der Waals surface area contributed by atoms with Crippen molar-refractivity contribution in [1.29, 1.82) is 0 Å². The number of aliphatic carboxylic acids is 1. The third-order valence-electron chi connectivity index (χ3n) is 3.55. The Morgan fingerprint density at radius 3 is 3.00 bits per heavy atom. The summed E-state index contributed by atoms with van der Waals surface area (Å²) in [5.41, 5.74) is 0.616. The van der Waals surface area contributed by atoms with Crippen molar-refractivity contribution in [2.45, 2.75) is 25.7 Å². The van der Waals surface area contributed by atoms with Crippen LogP contribution in [0.2, 0.25) is 0 Å². The summed E-state index contributed by atoms with van der Waals surface area (Å²) in [7, 11) is 0. The minimum Gasteiger partial charge on any atom is -0.481 e. The van der Waals surface area contributed by atoms with Gasteiger partial charge in [-0.1, -0.05) is 0 Å². The molecular formula is C14H17BrN2O3. The van der Waals surface area contributed by atoms with Crippen LogP contribution in [0.4, 0.5) is 0 Å². The fraction of sp³-hybridized carbons (Fsp3) is 0.500. The quantitative estimate of drug-likeness (QED) is 0.855. The Kier molecular flexibility index (Phi) is 5.11. The SMILES string of the molecule is O=C(O)CCC1CCCN(C(=O)c2ccnc(Br)c2)C1. The van der Waals surface area contributed by atoms with Gasteiger partial charge in [0.25, 0.3) is 5.91 Å². The van der Waals surface area contributed by atoms with Crippen LogP contribution in [0, 0.1) is 5.92 Å². The highest BCUT2D eigenvalue weighted by Gasteiger charge is 2.24. The maximum atomic E-state index is 12.4. The van der Waals surface area contributed by atoms with Crippen LogP contribution in [0.15, 0.2) is 22.9 Å². The molecule has 0 radical (unpaired) electrons. The zero-order valence-corrected chi connectivity index (χ0v) is 12.7. The average Bonchev–Trinajstić information content (AvgIpc) is 2.44. The molecule has 20 heavy (non-hydrogen) atoms. The molecule has 0 saturated carbocycles. The van der Waals surface area contributed by atoms with E-state index in [4.69, 9.17) is 5.11 Å². The van der Waals surface area contributed by atoms with Crippen molar-refractivity contribution >= 4 is 27.8 Å². The Balaban J connectivity index is 1.98. The van der Waals surface area contributed by atoms with Crippen LogP contribution in [-0.4, -0.2) is 40.0 Å². The summed E-state index contributed by atoms with van der Waals surface area (Å²) in [5.74, 6) is -0.492. The van der Waals surface area contributed by atoms with E-state index in [2.05, 4.69) is 20.9 Å². The van der Waals surface area contributed by atoms with E-state index in [1.54, 1.807) is 18.3 Å². The van der Waals surface area contributed by atoms with E-state index in [0.29, 0.717) is 23.1 Å². The van der Waals surface area contributed by atoms with Crippen molar-refractivity contribution in [2.24, 2.45) is 5.92 Å². The number of piperidine rings is 1. The Labute approximate surface area is 126 Å². The molecule has 6 heteroatoms. The fourth-order valence-electron chi connectivity index (χ4n) is 2.53. The second-order valence-corrected chi connectivity index (χ2v) is 5.87. The van der Waals surface area contributed by atoms with Crippen molar-refractivity contribution < 1.29 is 14.7 Å². The summed E-state index contributed by atoms with van der Waals surface area (Å²) < 4.78 is 0.641. The minimum atomic E-state index is -0.772. The van der Waals surface area contributed by atoms with Crippen molar-refractivity contribution in [1.82, 2.24) is 9.88 Å². The van der Waals surface area contributed by atoms with Crippen LogP contribution in [0.3, 0.4) is 0 Å². The Morgan fingerprint density at radius 1 is 1.50 bits per heavy atom. The molecule has 108 valence electrons. The number of carboxylic acids is 1. The lowest BCUT2D eigenvalue weighted by Gasteiger charge is -2.32. The van der Waals surface area contributed by atoms with Crippen LogP contribution in [0.25, 0.3) is 0 Å². The molecule has 2 heterocycles. The van der Waals surface area contributed by atoms with Gasteiger partial charge in [-0.05, 0) is 53.2 Å². The zero-order chi connectivity index (χ0) is 14.5. The second kappa shape index (κ2) is 6.83. The van der Waals surface area contributed by atoms with E-state index in [-0.39, 0.29) is 18.2 Å². The number of nitrogens with zero attached hydrogens (tertiary/aromatic N) is 2. The van der Waals surface area contributed by atoms with Gasteiger partial charge in [0, 0.05) is 31.3 Å². The van der Waals surface area contributed by atoms with Crippen molar-refractivity contribution in [3.8, 4) is 0 Å². The van der Waals surface area contributed by atoms with E-state index >= 15 is 0 Å². The van der Waals surface area contributed by atoms with Gasteiger partial charge in [0.1, 0.15) is 4.60 Å². The highest BCUT2D eigenvalue weighted by Crippen LogP contribution is 2.22. The first-order valence-electron chi connectivity index (χ1n) is 6.69. The molecule has 1 unspecified atom stereocenters. The highest BCUT2D eigenvalue weighted by molar-refractivity contribution is 9.10. The number of carboxylic acid groups (broad SMARTS) is 1. The molecule has 2 rings (SSSR count). The number of hydrogen-bond donors (Lipinski definition) is 1. The van der Waals surface area contributed by atoms with E-state index in [9.17, 15) is 9.59 Å². The van der Waals surface area contributed by atoms with Gasteiger partial charge in [0.2, 0.25) is 0 Å². The summed E-state index contributed by atoms with van der Waals surface area (Å²) in [4.78, 5) is 28.8. The van der Waals surface area contributed by atoms with Crippen LogP contribution in [0.5, 0.6) is 0 Å². The predicted molar refractivity (Wildman–Crippen MR) is 77.4 cm³/mol. The molecular weight excluding hydrogens is 324 g/mol. The number of hydrogen-bond acceptors (Lipinski definition) is 3. The second-order valence-electron chi connectivity index (χ2n) is 5.06. The molecule has 1 aromatic heterocycles. The van der Waals surface area contributed by atoms with E-state index < -0.39 is 5.97 Å². The molecule has 1 aliphatic heterocycles. The molecule has 1 saturated heterocycles. The average molecular weight is 341 g/mol. The molecule has 1 N–H and O–H groups in total. The molecule has 1 atom stereocenters. The first kappa shape index (κ1) is 15.0. The molecule has 1 aromatic rings. The van der Waals surface area contributed by atoms with Gasteiger partial charge in [0.05, 0.1) is 0 Å². The van der Waals surface area contributed by atoms with E-state index in [1.165, 1.54) is 0 Å². The van der Waals surface area contributed by atoms with Gasteiger partial charge in [-0.15, -0.1) is 0 Å². The highest BCUT2D eigenvalue weighted by atomic mass is 79.9. The van der Waals surface area contributed by atoms with Crippen LogP contribution >= 0.6 is 15.9 Å². The molecule has 1 fully saturated rings. The van der Waals surface area contributed by atoms with Gasteiger partial charge in [-0.25, -0.2) is 4.98 Å². The molecule has 1 amide bonds. The number of carbonyl (C=O) groups excluding carboxylic acids is 1. The molecule has 0 aromatic carbocycles. The number of aromatic nitrogens is 1. The Bertz CT molecular complexity index is 507. The van der Waals surface area contributed by atoms with Crippen molar-refractivity contribution in [3.63, 3.8) is 0 Å². The summed E-state index contributed by atoms with van der Waals surface area (Å²) in [5, 5.41) is 8.74. The minimum absolute atomic E-state index is 0.00637. The number of halogens is 1. The first-order chi connectivity index (χ1) is 9.56. The maximum absolute atomic E-state index is 12.4. The number of carbonyl (C=O) groups is 2. The number of pyridine rings is 1. The third-order valence-corrected chi connectivity index (χ3v) is 3.98. The third kappa shape index (κ3) is 4.03. The van der Waals surface area contributed by atoms with Crippen LogP contribution in [0.1, 0.15) is 36.0 Å².